The van der Waals surface area contributed by atoms with Crippen molar-refractivity contribution in [2.45, 2.75) is 26.8 Å². The number of pyridine rings is 1. The van der Waals surface area contributed by atoms with Gasteiger partial charge >= 0.3 is 0 Å². The van der Waals surface area contributed by atoms with Crippen LogP contribution in [-0.4, -0.2) is 20.5 Å². The standard InChI is InChI=1S/C17H19N3O/c1-11(2)18-17-16(13-7-9-14(21)10-8-13)19-15-6-4-5-12(3)20(15)17/h4-11,18,21H,1-3H3. The summed E-state index contributed by atoms with van der Waals surface area (Å²) < 4.78 is 2.13. The Bertz CT molecular complexity index is 773. The van der Waals surface area contributed by atoms with Crippen LogP contribution in [-0.2, 0) is 0 Å². The molecule has 0 saturated heterocycles. The highest BCUT2D eigenvalue weighted by Gasteiger charge is 2.15. The molecular formula is C17H19N3O. The Hall–Kier alpha value is -2.49. The van der Waals surface area contributed by atoms with Crippen molar-refractivity contribution in [1.82, 2.24) is 9.38 Å². The Balaban J connectivity index is 2.26. The van der Waals surface area contributed by atoms with Crippen molar-refractivity contribution in [3.8, 4) is 17.0 Å². The fourth-order valence-electron chi connectivity index (χ4n) is 2.48. The van der Waals surface area contributed by atoms with Crippen molar-refractivity contribution in [3.05, 3.63) is 48.2 Å². The molecule has 2 N–H and O–H groups in total. The maximum atomic E-state index is 9.46. The number of imidazole rings is 1. The molecule has 108 valence electrons. The number of aryl methyl sites for hydroxylation is 1. The van der Waals surface area contributed by atoms with Gasteiger partial charge in [-0.3, -0.25) is 4.40 Å². The van der Waals surface area contributed by atoms with E-state index in [1.54, 1.807) is 12.1 Å². The van der Waals surface area contributed by atoms with Crippen LogP contribution in [0.5, 0.6) is 5.75 Å². The van der Waals surface area contributed by atoms with Crippen molar-refractivity contribution in [2.24, 2.45) is 0 Å². The largest absolute Gasteiger partial charge is 0.508 e. The van der Waals surface area contributed by atoms with E-state index in [-0.39, 0.29) is 5.75 Å². The molecule has 0 bridgehead atoms. The van der Waals surface area contributed by atoms with E-state index in [1.807, 2.05) is 24.3 Å². The first-order chi connectivity index (χ1) is 10.1. The zero-order valence-corrected chi connectivity index (χ0v) is 12.5. The lowest BCUT2D eigenvalue weighted by molar-refractivity contribution is 0.475. The van der Waals surface area contributed by atoms with Gasteiger partial charge in [0.1, 0.15) is 22.9 Å². The quantitative estimate of drug-likeness (QED) is 0.767. The van der Waals surface area contributed by atoms with E-state index < -0.39 is 0 Å². The molecule has 0 fully saturated rings. The summed E-state index contributed by atoms with van der Waals surface area (Å²) in [5.41, 5.74) is 3.94. The monoisotopic (exact) mass is 281 g/mol. The molecule has 3 rings (SSSR count). The summed E-state index contributed by atoms with van der Waals surface area (Å²) in [5.74, 6) is 1.25. The Labute approximate surface area is 124 Å². The maximum Gasteiger partial charge on any atom is 0.139 e. The summed E-state index contributed by atoms with van der Waals surface area (Å²) in [6.07, 6.45) is 0. The second-order valence-corrected chi connectivity index (χ2v) is 5.52. The van der Waals surface area contributed by atoms with Crippen LogP contribution >= 0.6 is 0 Å². The second kappa shape index (κ2) is 5.13. The molecule has 0 aliphatic heterocycles. The Morgan fingerprint density at radius 3 is 2.48 bits per heavy atom. The lowest BCUT2D eigenvalue weighted by atomic mass is 10.1. The molecule has 2 aromatic heterocycles. The number of nitrogens with one attached hydrogen (secondary N) is 1. The van der Waals surface area contributed by atoms with Crippen LogP contribution in [0.1, 0.15) is 19.5 Å². The number of phenolic OH excluding ortho intramolecular Hbond substituents is 1. The number of hydrogen-bond donors (Lipinski definition) is 2. The number of fused-ring (bicyclic) bond motifs is 1. The van der Waals surface area contributed by atoms with Gasteiger partial charge in [-0.1, -0.05) is 6.07 Å². The van der Waals surface area contributed by atoms with Crippen LogP contribution in [0.15, 0.2) is 42.5 Å². The SMILES string of the molecule is Cc1cccc2nc(-c3ccc(O)cc3)c(NC(C)C)n12. The number of anilines is 1. The Kier molecular flexibility index (Phi) is 3.29. The normalized spacial score (nSPS) is 11.2. The molecular weight excluding hydrogens is 262 g/mol. The van der Waals surface area contributed by atoms with Gasteiger partial charge in [-0.2, -0.15) is 0 Å². The molecule has 0 unspecified atom stereocenters. The summed E-state index contributed by atoms with van der Waals surface area (Å²) in [6, 6.07) is 13.5. The molecule has 4 heteroatoms. The minimum Gasteiger partial charge on any atom is -0.508 e. The molecule has 0 amide bonds. The van der Waals surface area contributed by atoms with Crippen molar-refractivity contribution in [1.29, 1.82) is 0 Å². The number of aromatic hydroxyl groups is 1. The zero-order valence-electron chi connectivity index (χ0n) is 12.5. The first kappa shape index (κ1) is 13.5. The fraction of sp³-hybridized carbons (Fsp3) is 0.235. The topological polar surface area (TPSA) is 49.6 Å². The van der Waals surface area contributed by atoms with Crippen LogP contribution in [0.4, 0.5) is 5.82 Å². The number of aromatic nitrogens is 2. The Morgan fingerprint density at radius 1 is 1.10 bits per heavy atom. The molecule has 0 radical (unpaired) electrons. The molecule has 4 nitrogen and oxygen atoms in total. The molecule has 1 aromatic carbocycles. The lowest BCUT2D eigenvalue weighted by Crippen LogP contribution is -2.13. The molecule has 0 atom stereocenters. The van der Waals surface area contributed by atoms with Gasteiger partial charge in [0.05, 0.1) is 0 Å². The van der Waals surface area contributed by atoms with E-state index in [2.05, 4.69) is 36.6 Å². The van der Waals surface area contributed by atoms with Gasteiger partial charge in [0, 0.05) is 17.3 Å². The van der Waals surface area contributed by atoms with Crippen LogP contribution in [0, 0.1) is 6.92 Å². The molecule has 0 aliphatic carbocycles. The number of rotatable bonds is 3. The fourth-order valence-corrected chi connectivity index (χ4v) is 2.48. The summed E-state index contributed by atoms with van der Waals surface area (Å²) in [4.78, 5) is 4.75. The molecule has 2 heterocycles. The van der Waals surface area contributed by atoms with E-state index >= 15 is 0 Å². The van der Waals surface area contributed by atoms with Crippen LogP contribution < -0.4 is 5.32 Å². The third-order valence-electron chi connectivity index (χ3n) is 3.40. The highest BCUT2D eigenvalue weighted by molar-refractivity contribution is 5.77. The van der Waals surface area contributed by atoms with E-state index in [0.29, 0.717) is 6.04 Å². The zero-order chi connectivity index (χ0) is 15.0. The van der Waals surface area contributed by atoms with Crippen LogP contribution in [0.2, 0.25) is 0 Å². The highest BCUT2D eigenvalue weighted by Crippen LogP contribution is 2.31. The second-order valence-electron chi connectivity index (χ2n) is 5.52. The molecule has 0 saturated carbocycles. The van der Waals surface area contributed by atoms with Gasteiger partial charge in [-0.25, -0.2) is 4.98 Å². The summed E-state index contributed by atoms with van der Waals surface area (Å²) >= 11 is 0. The van der Waals surface area contributed by atoms with Gasteiger partial charge in [0.2, 0.25) is 0 Å². The third-order valence-corrected chi connectivity index (χ3v) is 3.40. The summed E-state index contributed by atoms with van der Waals surface area (Å²) in [6.45, 7) is 6.29. The molecule has 21 heavy (non-hydrogen) atoms. The highest BCUT2D eigenvalue weighted by atomic mass is 16.3. The first-order valence-corrected chi connectivity index (χ1v) is 7.10. The first-order valence-electron chi connectivity index (χ1n) is 7.10. The van der Waals surface area contributed by atoms with E-state index in [4.69, 9.17) is 4.98 Å². The van der Waals surface area contributed by atoms with Crippen LogP contribution in [0.3, 0.4) is 0 Å². The molecule has 0 spiro atoms. The van der Waals surface area contributed by atoms with E-state index in [1.165, 1.54) is 0 Å². The predicted octanol–water partition coefficient (Wildman–Crippen LogP) is 3.84. The summed E-state index contributed by atoms with van der Waals surface area (Å²) in [7, 11) is 0. The Morgan fingerprint density at radius 2 is 1.81 bits per heavy atom. The summed E-state index contributed by atoms with van der Waals surface area (Å²) in [5, 5.41) is 12.9. The number of benzene rings is 1. The van der Waals surface area contributed by atoms with E-state index in [9.17, 15) is 5.11 Å². The smallest absolute Gasteiger partial charge is 0.139 e. The number of nitrogens with zero attached hydrogens (tertiary/aromatic N) is 2. The van der Waals surface area contributed by atoms with E-state index in [0.717, 1.165) is 28.4 Å². The van der Waals surface area contributed by atoms with Gasteiger partial charge < -0.3 is 10.4 Å². The van der Waals surface area contributed by atoms with Gasteiger partial charge in [0.25, 0.3) is 0 Å². The van der Waals surface area contributed by atoms with Crippen molar-refractivity contribution >= 4 is 11.5 Å². The lowest BCUT2D eigenvalue weighted by Gasteiger charge is -2.13. The maximum absolute atomic E-state index is 9.46. The van der Waals surface area contributed by atoms with Crippen molar-refractivity contribution < 1.29 is 5.11 Å². The third kappa shape index (κ3) is 2.44. The molecule has 0 aliphatic rings. The van der Waals surface area contributed by atoms with Crippen molar-refractivity contribution in [3.63, 3.8) is 0 Å². The predicted molar refractivity (Wildman–Crippen MR) is 85.8 cm³/mol. The average molecular weight is 281 g/mol. The van der Waals surface area contributed by atoms with Gasteiger partial charge in [0.15, 0.2) is 0 Å². The van der Waals surface area contributed by atoms with Gasteiger partial charge in [-0.15, -0.1) is 0 Å². The van der Waals surface area contributed by atoms with Crippen LogP contribution in [0.25, 0.3) is 16.9 Å². The molecule has 3 aromatic rings. The van der Waals surface area contributed by atoms with Crippen molar-refractivity contribution in [2.75, 3.05) is 5.32 Å². The average Bonchev–Trinajstić information content (AvgIpc) is 2.79. The number of hydrogen-bond acceptors (Lipinski definition) is 3. The number of phenols is 1. The minimum atomic E-state index is 0.261. The van der Waals surface area contributed by atoms with Gasteiger partial charge in [-0.05, 0) is 57.2 Å². The minimum absolute atomic E-state index is 0.261.